The molecule has 0 spiro atoms. The van der Waals surface area contributed by atoms with E-state index in [4.69, 9.17) is 11.6 Å². The van der Waals surface area contributed by atoms with E-state index in [-0.39, 0.29) is 0 Å². The molecule has 2 unspecified atom stereocenters. The Morgan fingerprint density at radius 3 is 3.00 bits per heavy atom. The van der Waals surface area contributed by atoms with Crippen LogP contribution in [0.25, 0.3) is 0 Å². The van der Waals surface area contributed by atoms with Gasteiger partial charge < -0.3 is 5.32 Å². The minimum atomic E-state index is 0.718. The number of halogens is 1. The van der Waals surface area contributed by atoms with Gasteiger partial charge in [-0.1, -0.05) is 17.7 Å². The zero-order valence-corrected chi connectivity index (χ0v) is 9.00. The van der Waals surface area contributed by atoms with Crippen molar-refractivity contribution in [3.8, 4) is 0 Å². The van der Waals surface area contributed by atoms with Crippen LogP contribution >= 0.6 is 23.4 Å². The van der Waals surface area contributed by atoms with E-state index in [9.17, 15) is 0 Å². The molecule has 1 rings (SSSR count). The van der Waals surface area contributed by atoms with Crippen LogP contribution in [0.5, 0.6) is 0 Å². The summed E-state index contributed by atoms with van der Waals surface area (Å²) in [6, 6.07) is 0.718. The smallest absolute Gasteiger partial charge is 0.0149 e. The van der Waals surface area contributed by atoms with Gasteiger partial charge >= 0.3 is 0 Å². The van der Waals surface area contributed by atoms with Crippen LogP contribution in [0.4, 0.5) is 0 Å². The standard InChI is InChI=1S/C9H16ClNS/c1-12-9-4-3-8(7-9)11-6-2-5-10/h2,5,8-9,11H,3-4,6-7H2,1H3/b5-2+. The van der Waals surface area contributed by atoms with E-state index in [1.54, 1.807) is 5.54 Å². The Hall–Kier alpha value is 0.340. The van der Waals surface area contributed by atoms with Gasteiger partial charge in [0.15, 0.2) is 0 Å². The quantitative estimate of drug-likeness (QED) is 0.758. The molecule has 1 fully saturated rings. The zero-order valence-electron chi connectivity index (χ0n) is 7.42. The van der Waals surface area contributed by atoms with Crippen LogP contribution in [0, 0.1) is 0 Å². The Balaban J connectivity index is 2.10. The molecule has 3 heteroatoms. The Labute approximate surface area is 83.9 Å². The molecule has 0 aliphatic heterocycles. The van der Waals surface area contributed by atoms with Gasteiger partial charge in [-0.25, -0.2) is 0 Å². The Morgan fingerprint density at radius 1 is 1.58 bits per heavy atom. The van der Waals surface area contributed by atoms with Gasteiger partial charge in [-0.2, -0.15) is 11.8 Å². The van der Waals surface area contributed by atoms with Crippen LogP contribution in [0.15, 0.2) is 11.6 Å². The predicted octanol–water partition coefficient (Wildman–Crippen LogP) is 2.61. The second kappa shape index (κ2) is 5.90. The molecule has 0 amide bonds. The van der Waals surface area contributed by atoms with Crippen molar-refractivity contribution in [1.82, 2.24) is 5.32 Å². The first kappa shape index (κ1) is 10.4. The summed E-state index contributed by atoms with van der Waals surface area (Å²) in [5.74, 6) is 0. The van der Waals surface area contributed by atoms with Crippen molar-refractivity contribution < 1.29 is 0 Å². The lowest BCUT2D eigenvalue weighted by Gasteiger charge is -2.10. The van der Waals surface area contributed by atoms with Crippen LogP contribution in [0.2, 0.25) is 0 Å². The summed E-state index contributed by atoms with van der Waals surface area (Å²) in [4.78, 5) is 0. The highest BCUT2D eigenvalue weighted by Gasteiger charge is 2.22. The van der Waals surface area contributed by atoms with Crippen molar-refractivity contribution in [3.63, 3.8) is 0 Å². The summed E-state index contributed by atoms with van der Waals surface area (Å²) in [6.07, 6.45) is 8.15. The molecule has 0 saturated heterocycles. The molecule has 70 valence electrons. The summed E-state index contributed by atoms with van der Waals surface area (Å²) in [6.45, 7) is 0.912. The summed E-state index contributed by atoms with van der Waals surface area (Å²) in [7, 11) is 0. The van der Waals surface area contributed by atoms with E-state index in [1.165, 1.54) is 19.3 Å². The number of hydrogen-bond acceptors (Lipinski definition) is 2. The normalized spacial score (nSPS) is 30.2. The molecule has 0 radical (unpaired) electrons. The second-order valence-electron chi connectivity index (χ2n) is 3.14. The second-order valence-corrected chi connectivity index (χ2v) is 4.53. The van der Waals surface area contributed by atoms with Crippen molar-refractivity contribution >= 4 is 23.4 Å². The number of rotatable bonds is 4. The molecule has 1 nitrogen and oxygen atoms in total. The summed E-state index contributed by atoms with van der Waals surface area (Å²) < 4.78 is 0. The molecule has 1 aliphatic rings. The molecule has 0 heterocycles. The molecule has 1 aliphatic carbocycles. The first-order valence-corrected chi connectivity index (χ1v) is 6.10. The molecule has 1 N–H and O–H groups in total. The minimum absolute atomic E-state index is 0.718. The highest BCUT2D eigenvalue weighted by Crippen LogP contribution is 2.27. The summed E-state index contributed by atoms with van der Waals surface area (Å²) in [5, 5.41) is 4.34. The van der Waals surface area contributed by atoms with Crippen LogP contribution in [-0.4, -0.2) is 24.1 Å². The van der Waals surface area contributed by atoms with Crippen LogP contribution in [0.3, 0.4) is 0 Å². The van der Waals surface area contributed by atoms with Crippen molar-refractivity contribution in [1.29, 1.82) is 0 Å². The van der Waals surface area contributed by atoms with Crippen LogP contribution in [-0.2, 0) is 0 Å². The highest BCUT2D eigenvalue weighted by molar-refractivity contribution is 7.99. The van der Waals surface area contributed by atoms with Gasteiger partial charge in [0.1, 0.15) is 0 Å². The van der Waals surface area contributed by atoms with Crippen molar-refractivity contribution in [3.05, 3.63) is 11.6 Å². The van der Waals surface area contributed by atoms with E-state index in [0.717, 1.165) is 17.8 Å². The summed E-state index contributed by atoms with van der Waals surface area (Å²) in [5.41, 5.74) is 1.58. The Kier molecular flexibility index (Phi) is 5.12. The van der Waals surface area contributed by atoms with E-state index in [1.807, 2.05) is 17.8 Å². The predicted molar refractivity (Wildman–Crippen MR) is 57.9 cm³/mol. The number of hydrogen-bond donors (Lipinski definition) is 1. The average molecular weight is 206 g/mol. The fourth-order valence-corrected chi connectivity index (χ4v) is 2.50. The number of nitrogens with one attached hydrogen (secondary N) is 1. The third kappa shape index (κ3) is 3.38. The molecular formula is C9H16ClNS. The molecule has 2 atom stereocenters. The first-order valence-electron chi connectivity index (χ1n) is 4.38. The maximum absolute atomic E-state index is 5.42. The van der Waals surface area contributed by atoms with E-state index in [0.29, 0.717) is 0 Å². The molecule has 0 aromatic carbocycles. The summed E-state index contributed by atoms with van der Waals surface area (Å²) >= 11 is 7.41. The van der Waals surface area contributed by atoms with Crippen LogP contribution < -0.4 is 5.32 Å². The van der Waals surface area contributed by atoms with Gasteiger partial charge in [0, 0.05) is 23.4 Å². The van der Waals surface area contributed by atoms with Gasteiger partial charge in [-0.05, 0) is 25.5 Å². The van der Waals surface area contributed by atoms with Gasteiger partial charge in [0.2, 0.25) is 0 Å². The lowest BCUT2D eigenvalue weighted by Crippen LogP contribution is -2.26. The molecule has 0 aromatic rings. The molecule has 1 saturated carbocycles. The average Bonchev–Trinajstić information content (AvgIpc) is 2.53. The highest BCUT2D eigenvalue weighted by atomic mass is 35.5. The zero-order chi connectivity index (χ0) is 8.81. The SMILES string of the molecule is CSC1CCC(NC/C=C/Cl)C1. The largest absolute Gasteiger partial charge is 0.310 e. The third-order valence-corrected chi connectivity index (χ3v) is 3.60. The van der Waals surface area contributed by atoms with Gasteiger partial charge in [0.05, 0.1) is 0 Å². The molecule has 0 bridgehead atoms. The maximum atomic E-state index is 5.42. The topological polar surface area (TPSA) is 12.0 Å². The van der Waals surface area contributed by atoms with Gasteiger partial charge in [-0.15, -0.1) is 0 Å². The van der Waals surface area contributed by atoms with Crippen LogP contribution in [0.1, 0.15) is 19.3 Å². The fraction of sp³-hybridized carbons (Fsp3) is 0.778. The molecular weight excluding hydrogens is 190 g/mol. The van der Waals surface area contributed by atoms with Gasteiger partial charge in [-0.3, -0.25) is 0 Å². The molecule has 12 heavy (non-hydrogen) atoms. The number of thioether (sulfide) groups is 1. The van der Waals surface area contributed by atoms with E-state index < -0.39 is 0 Å². The molecule has 0 aromatic heterocycles. The van der Waals surface area contributed by atoms with Crippen molar-refractivity contribution in [2.45, 2.75) is 30.6 Å². The van der Waals surface area contributed by atoms with E-state index in [2.05, 4.69) is 11.6 Å². The van der Waals surface area contributed by atoms with Crippen molar-refractivity contribution in [2.24, 2.45) is 0 Å². The maximum Gasteiger partial charge on any atom is 0.0149 e. The van der Waals surface area contributed by atoms with Crippen molar-refractivity contribution in [2.75, 3.05) is 12.8 Å². The fourth-order valence-electron chi connectivity index (χ4n) is 1.62. The minimum Gasteiger partial charge on any atom is -0.310 e. The Bertz CT molecular complexity index is 149. The van der Waals surface area contributed by atoms with E-state index >= 15 is 0 Å². The van der Waals surface area contributed by atoms with Gasteiger partial charge in [0.25, 0.3) is 0 Å². The Morgan fingerprint density at radius 2 is 2.42 bits per heavy atom. The first-order chi connectivity index (χ1) is 5.86. The lowest BCUT2D eigenvalue weighted by molar-refractivity contribution is 0.558. The third-order valence-electron chi connectivity index (χ3n) is 2.33. The lowest BCUT2D eigenvalue weighted by atomic mass is 10.2. The monoisotopic (exact) mass is 205 g/mol.